The number of nitriles is 1. The standard InChI is InChI=1S/C13H9FN2O/c14-12-7-11(8-15)1-2-13(12)17-9-10-3-5-16-6-4-10/h1-7H,9H2/i5D. The summed E-state index contributed by atoms with van der Waals surface area (Å²) in [6.45, 7) is 0.150. The Labute approximate surface area is 99.5 Å². The van der Waals surface area contributed by atoms with Crippen molar-refractivity contribution < 1.29 is 10.5 Å². The number of rotatable bonds is 3. The van der Waals surface area contributed by atoms with Gasteiger partial charge in [0.05, 0.1) is 13.0 Å². The van der Waals surface area contributed by atoms with Crippen molar-refractivity contribution in [3.63, 3.8) is 0 Å². The topological polar surface area (TPSA) is 45.9 Å². The minimum absolute atomic E-state index is 0.0809. The van der Waals surface area contributed by atoms with Crippen LogP contribution in [0.5, 0.6) is 5.75 Å². The molecule has 0 aliphatic heterocycles. The Kier molecular flexibility index (Phi) is 2.93. The highest BCUT2D eigenvalue weighted by atomic mass is 19.1. The molecule has 3 nitrogen and oxygen atoms in total. The third-order valence-electron chi connectivity index (χ3n) is 2.14. The average Bonchev–Trinajstić information content (AvgIpc) is 2.37. The summed E-state index contributed by atoms with van der Waals surface area (Å²) in [5, 5.41) is 8.61. The second-order valence-corrected chi connectivity index (χ2v) is 3.34. The molecule has 0 bridgehead atoms. The maximum atomic E-state index is 13.5. The third-order valence-corrected chi connectivity index (χ3v) is 2.14. The van der Waals surface area contributed by atoms with E-state index in [0.29, 0.717) is 0 Å². The number of hydrogen-bond donors (Lipinski definition) is 0. The zero-order valence-corrected chi connectivity index (χ0v) is 8.85. The molecule has 2 aromatic rings. The number of nitrogens with zero attached hydrogens (tertiary/aromatic N) is 2. The van der Waals surface area contributed by atoms with Crippen LogP contribution in [0.2, 0.25) is 0 Å². The highest BCUT2D eigenvalue weighted by molar-refractivity contribution is 5.36. The van der Waals surface area contributed by atoms with Crippen LogP contribution in [0.15, 0.2) is 42.7 Å². The molecule has 0 aliphatic carbocycles. The third kappa shape index (κ3) is 2.79. The molecule has 1 heterocycles. The number of aromatic nitrogens is 1. The van der Waals surface area contributed by atoms with Gasteiger partial charge in [-0.1, -0.05) is 0 Å². The fourth-order valence-electron chi connectivity index (χ4n) is 1.28. The molecule has 0 spiro atoms. The molecule has 0 amide bonds. The number of halogens is 1. The molecule has 1 aromatic carbocycles. The molecule has 0 atom stereocenters. The van der Waals surface area contributed by atoms with Crippen molar-refractivity contribution in [2.24, 2.45) is 0 Å². The predicted octanol–water partition coefficient (Wildman–Crippen LogP) is 2.67. The van der Waals surface area contributed by atoms with Crippen molar-refractivity contribution in [3.05, 3.63) is 59.6 Å². The first-order valence-electron chi connectivity index (χ1n) is 5.43. The molecular formula is C13H9FN2O. The van der Waals surface area contributed by atoms with Crippen LogP contribution in [0.1, 0.15) is 12.5 Å². The highest BCUT2D eigenvalue weighted by Gasteiger charge is 2.04. The van der Waals surface area contributed by atoms with Gasteiger partial charge >= 0.3 is 0 Å². The van der Waals surface area contributed by atoms with E-state index in [9.17, 15) is 4.39 Å². The molecule has 0 fully saturated rings. The summed E-state index contributed by atoms with van der Waals surface area (Å²) < 4.78 is 26.1. The molecule has 1 aromatic heterocycles. The molecule has 0 saturated heterocycles. The van der Waals surface area contributed by atoms with Crippen LogP contribution in [0.25, 0.3) is 0 Å². The molecule has 84 valence electrons. The van der Waals surface area contributed by atoms with E-state index in [-0.39, 0.29) is 24.1 Å². The van der Waals surface area contributed by atoms with Gasteiger partial charge in [0.25, 0.3) is 0 Å². The minimum atomic E-state index is -0.575. The Morgan fingerprint density at radius 1 is 1.41 bits per heavy atom. The van der Waals surface area contributed by atoms with Gasteiger partial charge < -0.3 is 4.74 Å². The molecule has 0 unspecified atom stereocenters. The summed E-state index contributed by atoms with van der Waals surface area (Å²) >= 11 is 0. The van der Waals surface area contributed by atoms with E-state index in [4.69, 9.17) is 11.4 Å². The predicted molar refractivity (Wildman–Crippen MR) is 59.7 cm³/mol. The Balaban J connectivity index is 2.09. The molecule has 4 heteroatoms. The van der Waals surface area contributed by atoms with E-state index >= 15 is 0 Å². The van der Waals surface area contributed by atoms with Crippen LogP contribution < -0.4 is 4.74 Å². The monoisotopic (exact) mass is 229 g/mol. The van der Waals surface area contributed by atoms with Gasteiger partial charge in [0.15, 0.2) is 11.6 Å². The number of benzene rings is 1. The summed E-state index contributed by atoms with van der Waals surface area (Å²) in [6.07, 6.45) is 1.63. The lowest BCUT2D eigenvalue weighted by Crippen LogP contribution is -1.97. The van der Waals surface area contributed by atoms with Crippen molar-refractivity contribution >= 4 is 0 Å². The van der Waals surface area contributed by atoms with E-state index in [1.807, 2.05) is 6.07 Å². The molecule has 17 heavy (non-hydrogen) atoms. The first-order valence-corrected chi connectivity index (χ1v) is 4.93. The quantitative estimate of drug-likeness (QED) is 0.812. The van der Waals surface area contributed by atoms with Gasteiger partial charge in [-0.2, -0.15) is 5.26 Å². The lowest BCUT2D eigenvalue weighted by atomic mass is 10.2. The van der Waals surface area contributed by atoms with Crippen LogP contribution in [0.4, 0.5) is 4.39 Å². The van der Waals surface area contributed by atoms with Crippen molar-refractivity contribution in [2.75, 3.05) is 0 Å². The summed E-state index contributed by atoms with van der Waals surface area (Å²) in [5.74, 6) is -0.494. The fourth-order valence-corrected chi connectivity index (χ4v) is 1.28. The van der Waals surface area contributed by atoms with E-state index < -0.39 is 5.82 Å². The smallest absolute Gasteiger partial charge is 0.166 e. The first-order chi connectivity index (χ1) is 8.69. The highest BCUT2D eigenvalue weighted by Crippen LogP contribution is 2.19. The van der Waals surface area contributed by atoms with Crippen LogP contribution in [-0.4, -0.2) is 4.98 Å². The maximum absolute atomic E-state index is 13.5. The van der Waals surface area contributed by atoms with Crippen LogP contribution in [0, 0.1) is 17.1 Å². The second-order valence-electron chi connectivity index (χ2n) is 3.34. The van der Waals surface area contributed by atoms with Crippen molar-refractivity contribution in [2.45, 2.75) is 6.61 Å². The van der Waals surface area contributed by atoms with Gasteiger partial charge in [-0.25, -0.2) is 4.39 Å². The first kappa shape index (κ1) is 9.79. The van der Waals surface area contributed by atoms with Gasteiger partial charge in [0.1, 0.15) is 6.61 Å². The van der Waals surface area contributed by atoms with Crippen molar-refractivity contribution in [3.8, 4) is 11.8 Å². The van der Waals surface area contributed by atoms with E-state index in [1.54, 1.807) is 12.1 Å². The second kappa shape index (κ2) is 5.08. The summed E-state index contributed by atoms with van der Waals surface area (Å²) in [6, 6.07) is 9.11. The SMILES string of the molecule is [2H]c1cc(COc2ccc(C#N)cc2F)ccn1. The van der Waals surface area contributed by atoms with Crippen molar-refractivity contribution in [1.82, 2.24) is 4.98 Å². The Hall–Kier alpha value is -2.41. The Morgan fingerprint density at radius 2 is 2.29 bits per heavy atom. The summed E-state index contributed by atoms with van der Waals surface area (Å²) in [5.41, 5.74) is 0.982. The largest absolute Gasteiger partial charge is 0.486 e. The van der Waals surface area contributed by atoms with Gasteiger partial charge in [-0.05, 0) is 35.9 Å². The molecule has 2 rings (SSSR count). The number of pyridine rings is 1. The maximum Gasteiger partial charge on any atom is 0.166 e. The normalized spacial score (nSPS) is 10.5. The summed E-state index contributed by atoms with van der Waals surface area (Å²) in [7, 11) is 0. The van der Waals surface area contributed by atoms with Crippen molar-refractivity contribution in [1.29, 1.82) is 5.26 Å². The lowest BCUT2D eigenvalue weighted by Gasteiger charge is -2.06. The average molecular weight is 229 g/mol. The van der Waals surface area contributed by atoms with Gasteiger partial charge in [0.2, 0.25) is 0 Å². The number of ether oxygens (including phenoxy) is 1. The Bertz CT molecular complexity index is 610. The van der Waals surface area contributed by atoms with E-state index in [1.165, 1.54) is 18.3 Å². The van der Waals surface area contributed by atoms with E-state index in [2.05, 4.69) is 4.98 Å². The Morgan fingerprint density at radius 3 is 3.00 bits per heavy atom. The van der Waals surface area contributed by atoms with Gasteiger partial charge in [0, 0.05) is 12.4 Å². The van der Waals surface area contributed by atoms with Crippen LogP contribution in [0.3, 0.4) is 0 Å². The fraction of sp³-hybridized carbons (Fsp3) is 0.0769. The van der Waals surface area contributed by atoms with Crippen LogP contribution in [-0.2, 0) is 6.61 Å². The molecule has 0 radical (unpaired) electrons. The van der Waals surface area contributed by atoms with Gasteiger partial charge in [-0.3, -0.25) is 4.98 Å². The number of hydrogen-bond acceptors (Lipinski definition) is 3. The molecule has 0 saturated carbocycles. The zero-order chi connectivity index (χ0) is 13.0. The zero-order valence-electron chi connectivity index (χ0n) is 9.85. The van der Waals surface area contributed by atoms with E-state index in [0.717, 1.165) is 11.6 Å². The molecular weight excluding hydrogens is 219 g/mol. The molecule has 0 N–H and O–H groups in total. The van der Waals surface area contributed by atoms with Gasteiger partial charge in [-0.15, -0.1) is 0 Å². The summed E-state index contributed by atoms with van der Waals surface area (Å²) in [4.78, 5) is 3.74. The van der Waals surface area contributed by atoms with Crippen LogP contribution >= 0.6 is 0 Å². The molecule has 0 aliphatic rings. The minimum Gasteiger partial charge on any atom is -0.486 e. The lowest BCUT2D eigenvalue weighted by molar-refractivity contribution is 0.290.